The molecular weight excluding hydrogens is 615 g/mol. The molecule has 0 spiro atoms. The molecule has 5 aromatic rings. The first kappa shape index (κ1) is 30.4. The number of nitrogens with one attached hydrogen (secondary N) is 2. The molecule has 0 bridgehead atoms. The van der Waals surface area contributed by atoms with Crippen molar-refractivity contribution in [2.45, 2.75) is 6.92 Å². The van der Waals surface area contributed by atoms with Crippen LogP contribution < -0.4 is 25.0 Å². The Morgan fingerprint density at radius 2 is 1.73 bits per heavy atom. The van der Waals surface area contributed by atoms with Crippen LogP contribution in [0.15, 0.2) is 61.6 Å². The van der Waals surface area contributed by atoms with E-state index in [2.05, 4.69) is 49.0 Å². The van der Waals surface area contributed by atoms with Gasteiger partial charge in [-0.25, -0.2) is 14.5 Å². The van der Waals surface area contributed by atoms with Gasteiger partial charge in [-0.2, -0.15) is 5.10 Å². The van der Waals surface area contributed by atoms with Crippen LogP contribution in [0, 0.1) is 0 Å². The van der Waals surface area contributed by atoms with E-state index in [9.17, 15) is 4.79 Å². The maximum atomic E-state index is 12.4. The number of nitrogens with zero attached hydrogens (tertiary/aromatic N) is 6. The highest BCUT2D eigenvalue weighted by molar-refractivity contribution is 6.41. The molecule has 3 aromatic heterocycles. The van der Waals surface area contributed by atoms with Gasteiger partial charge in [-0.15, -0.1) is 0 Å². The molecular formula is C32H32Cl2N8O3. The number of ether oxygens (including phenoxy) is 2. The number of pyridine rings is 2. The second-order valence-corrected chi connectivity index (χ2v) is 11.2. The van der Waals surface area contributed by atoms with Crippen LogP contribution in [-0.2, 0) is 4.79 Å². The highest BCUT2D eigenvalue weighted by Crippen LogP contribution is 2.47. The average molecular weight is 648 g/mol. The zero-order chi connectivity index (χ0) is 31.7. The Kier molecular flexibility index (Phi) is 8.66. The Balaban J connectivity index is 1.39. The molecule has 6 rings (SSSR count). The lowest BCUT2D eigenvalue weighted by atomic mass is 10.0. The minimum Gasteiger partial charge on any atom is -0.495 e. The van der Waals surface area contributed by atoms with Gasteiger partial charge >= 0.3 is 0 Å². The molecule has 0 radical (unpaired) electrons. The van der Waals surface area contributed by atoms with E-state index in [0.717, 1.165) is 49.3 Å². The van der Waals surface area contributed by atoms with Gasteiger partial charge in [-0.3, -0.25) is 4.79 Å². The van der Waals surface area contributed by atoms with Crippen molar-refractivity contribution in [1.82, 2.24) is 24.5 Å². The van der Waals surface area contributed by atoms with Crippen molar-refractivity contribution in [1.29, 1.82) is 0 Å². The van der Waals surface area contributed by atoms with Gasteiger partial charge in [-0.1, -0.05) is 36.7 Å². The topological polar surface area (TPSA) is 109 Å². The molecule has 45 heavy (non-hydrogen) atoms. The average Bonchev–Trinajstić information content (AvgIpc) is 3.57. The predicted molar refractivity (Wildman–Crippen MR) is 180 cm³/mol. The smallest absolute Gasteiger partial charge is 0.247 e. The number of carbonyl (C=O) groups is 1. The maximum Gasteiger partial charge on any atom is 0.247 e. The molecule has 0 aliphatic carbocycles. The Morgan fingerprint density at radius 3 is 2.40 bits per heavy atom. The Hall–Kier alpha value is -4.58. The highest BCUT2D eigenvalue weighted by Gasteiger charge is 2.23. The number of methoxy groups -OCH3 is 2. The summed E-state index contributed by atoms with van der Waals surface area (Å²) in [5, 5.41) is 12.2. The number of carbonyl (C=O) groups excluding carboxylic acids is 1. The molecule has 232 valence electrons. The van der Waals surface area contributed by atoms with E-state index < -0.39 is 0 Å². The third-order valence-corrected chi connectivity index (χ3v) is 8.72. The van der Waals surface area contributed by atoms with Gasteiger partial charge in [0, 0.05) is 66.7 Å². The summed E-state index contributed by atoms with van der Waals surface area (Å²) in [6.45, 7) is 10.6. The van der Waals surface area contributed by atoms with Crippen LogP contribution in [0.3, 0.4) is 0 Å². The number of anilines is 4. The number of fused-ring (bicyclic) bond motifs is 3. The zero-order valence-corrected chi connectivity index (χ0v) is 26.6. The van der Waals surface area contributed by atoms with Crippen LogP contribution >= 0.6 is 23.2 Å². The van der Waals surface area contributed by atoms with Crippen molar-refractivity contribution < 1.29 is 14.3 Å². The van der Waals surface area contributed by atoms with Gasteiger partial charge in [0.2, 0.25) is 5.91 Å². The number of likely N-dealkylation sites (N-methyl/N-ethyl adjacent to an activating group) is 1. The molecule has 4 heterocycles. The fourth-order valence-corrected chi connectivity index (χ4v) is 6.24. The van der Waals surface area contributed by atoms with Gasteiger partial charge in [-0.05, 0) is 36.9 Å². The van der Waals surface area contributed by atoms with Crippen molar-refractivity contribution in [3.63, 3.8) is 0 Å². The number of amides is 1. The first-order chi connectivity index (χ1) is 21.8. The van der Waals surface area contributed by atoms with Crippen LogP contribution in [0.2, 0.25) is 10.0 Å². The fourth-order valence-electron chi connectivity index (χ4n) is 5.53. The van der Waals surface area contributed by atoms with Crippen molar-refractivity contribution in [2.24, 2.45) is 0 Å². The third-order valence-electron chi connectivity index (χ3n) is 7.97. The lowest BCUT2D eigenvalue weighted by Gasteiger charge is -2.35. The Bertz CT molecular complexity index is 1890. The molecule has 0 atom stereocenters. The van der Waals surface area contributed by atoms with Gasteiger partial charge in [0.15, 0.2) is 5.65 Å². The molecule has 13 heteroatoms. The van der Waals surface area contributed by atoms with E-state index in [4.69, 9.17) is 32.7 Å². The summed E-state index contributed by atoms with van der Waals surface area (Å²) >= 11 is 13.5. The molecule has 1 saturated heterocycles. The van der Waals surface area contributed by atoms with Crippen LogP contribution in [0.5, 0.6) is 11.5 Å². The van der Waals surface area contributed by atoms with Crippen molar-refractivity contribution in [2.75, 3.05) is 62.5 Å². The standard InChI is InChI=1S/C32H32Cl2N8O3/c1-5-28(43)39-23-14-20(41-11-9-40(6-2)10-12-41)7-8-22(23)38-27-15-24-19(17-35-27)13-21(32-36-18-37-42(24)32)29-30(33)25(44-3)16-26(45-4)31(29)34/h5,7-8,13-18H,1,6,9-12H2,2-4H3,(H,35,38)(H,39,43). The number of hydrogen-bond donors (Lipinski definition) is 2. The quantitative estimate of drug-likeness (QED) is 0.179. The normalized spacial score (nSPS) is 13.7. The maximum absolute atomic E-state index is 12.4. The monoisotopic (exact) mass is 646 g/mol. The van der Waals surface area contributed by atoms with E-state index in [1.54, 1.807) is 16.8 Å². The van der Waals surface area contributed by atoms with Crippen LogP contribution in [0.25, 0.3) is 27.7 Å². The summed E-state index contributed by atoms with van der Waals surface area (Å²) in [5.74, 6) is 1.07. The van der Waals surface area contributed by atoms with Crippen molar-refractivity contribution >= 4 is 68.5 Å². The van der Waals surface area contributed by atoms with Gasteiger partial charge in [0.05, 0.1) is 41.2 Å². The van der Waals surface area contributed by atoms with Gasteiger partial charge < -0.3 is 29.9 Å². The minimum absolute atomic E-state index is 0.305. The molecule has 0 unspecified atom stereocenters. The molecule has 1 aliphatic heterocycles. The van der Waals surface area contributed by atoms with Crippen LogP contribution in [0.4, 0.5) is 22.9 Å². The van der Waals surface area contributed by atoms with E-state index in [0.29, 0.717) is 55.5 Å². The summed E-state index contributed by atoms with van der Waals surface area (Å²) in [5.41, 5.74) is 4.76. The number of rotatable bonds is 9. The number of hydrogen-bond acceptors (Lipinski definition) is 9. The molecule has 2 aromatic carbocycles. The second kappa shape index (κ2) is 12.8. The SMILES string of the molecule is C=CC(=O)Nc1cc(N2CCN(CC)CC2)ccc1Nc1cc2c(cn1)cc(-c1c(Cl)c(OC)cc(OC)c1Cl)c1ncnn12. The molecule has 2 N–H and O–H groups in total. The number of halogens is 2. The Labute approximate surface area is 270 Å². The molecule has 11 nitrogen and oxygen atoms in total. The van der Waals surface area contributed by atoms with Crippen molar-refractivity contribution in [3.05, 3.63) is 71.6 Å². The summed E-state index contributed by atoms with van der Waals surface area (Å²) in [6.07, 6.45) is 4.44. The second-order valence-electron chi connectivity index (χ2n) is 10.4. The number of aromatic nitrogens is 4. The third kappa shape index (κ3) is 5.82. The van der Waals surface area contributed by atoms with Gasteiger partial charge in [0.1, 0.15) is 23.6 Å². The summed E-state index contributed by atoms with van der Waals surface area (Å²) in [4.78, 5) is 26.3. The van der Waals surface area contributed by atoms with E-state index in [1.807, 2.05) is 30.3 Å². The first-order valence-corrected chi connectivity index (χ1v) is 15.1. The molecule has 1 fully saturated rings. The van der Waals surface area contributed by atoms with Crippen LogP contribution in [-0.4, -0.2) is 77.3 Å². The minimum atomic E-state index is -0.305. The largest absolute Gasteiger partial charge is 0.495 e. The molecule has 0 saturated carbocycles. The molecule has 1 amide bonds. The molecule has 1 aliphatic rings. The fraction of sp³-hybridized carbons (Fsp3) is 0.250. The highest BCUT2D eigenvalue weighted by atomic mass is 35.5. The predicted octanol–water partition coefficient (Wildman–Crippen LogP) is 6.28. The summed E-state index contributed by atoms with van der Waals surface area (Å²) in [7, 11) is 3.05. The zero-order valence-electron chi connectivity index (χ0n) is 25.1. The lowest BCUT2D eigenvalue weighted by Crippen LogP contribution is -2.46. The summed E-state index contributed by atoms with van der Waals surface area (Å²) in [6, 6.07) is 11.4. The summed E-state index contributed by atoms with van der Waals surface area (Å²) < 4.78 is 12.7. The van der Waals surface area contributed by atoms with E-state index in [1.165, 1.54) is 26.6 Å². The van der Waals surface area contributed by atoms with Gasteiger partial charge in [0.25, 0.3) is 0 Å². The van der Waals surface area contributed by atoms with E-state index in [-0.39, 0.29) is 5.91 Å². The first-order valence-electron chi connectivity index (χ1n) is 14.4. The number of piperazine rings is 1. The van der Waals surface area contributed by atoms with Crippen LogP contribution in [0.1, 0.15) is 6.92 Å². The van der Waals surface area contributed by atoms with Crippen molar-refractivity contribution in [3.8, 4) is 22.6 Å². The number of benzene rings is 2. The Morgan fingerprint density at radius 1 is 1.00 bits per heavy atom. The van der Waals surface area contributed by atoms with E-state index >= 15 is 0 Å². The lowest BCUT2D eigenvalue weighted by molar-refractivity contribution is -0.111.